The van der Waals surface area contributed by atoms with Gasteiger partial charge in [-0.05, 0) is 52.5 Å². The number of hydrogen-bond acceptors (Lipinski definition) is 5. The maximum Gasteiger partial charge on any atom is 0.164 e. The molecule has 0 aliphatic carbocycles. The first-order chi connectivity index (χ1) is 27.3. The number of benzene rings is 7. The van der Waals surface area contributed by atoms with Crippen molar-refractivity contribution in [2.45, 2.75) is 0 Å². The predicted octanol–water partition coefficient (Wildman–Crippen LogP) is 12.0. The summed E-state index contributed by atoms with van der Waals surface area (Å²) >= 11 is 0. The highest BCUT2D eigenvalue weighted by Gasteiger charge is 2.21. The summed E-state index contributed by atoms with van der Waals surface area (Å²) < 4.78 is 66.3. The summed E-state index contributed by atoms with van der Waals surface area (Å²) in [5.41, 5.74) is 5.59. The molecule has 3 heterocycles. The largest absolute Gasteiger partial charge is 0.456 e. The Morgan fingerprint density at radius 3 is 1.76 bits per heavy atom. The smallest absolute Gasteiger partial charge is 0.164 e. The monoisotopic (exact) mass is 647 g/mol. The third-order valence-corrected chi connectivity index (χ3v) is 8.89. The van der Waals surface area contributed by atoms with Gasteiger partial charge in [0.1, 0.15) is 22.3 Å². The fraction of sp³-hybridized carbons (Fsp3) is 0. The van der Waals surface area contributed by atoms with E-state index in [2.05, 4.69) is 0 Å². The molecule has 0 N–H and O–H groups in total. The Kier molecular flexibility index (Phi) is 5.17. The highest BCUT2D eigenvalue weighted by molar-refractivity contribution is 6.14. The number of para-hydroxylation sites is 2. The first-order valence-electron chi connectivity index (χ1n) is 19.1. The van der Waals surface area contributed by atoms with E-state index in [1.165, 1.54) is 0 Å². The van der Waals surface area contributed by atoms with E-state index in [9.17, 15) is 2.74 Å². The summed E-state index contributed by atoms with van der Waals surface area (Å²) in [6.45, 7) is 0. The molecule has 0 atom stereocenters. The molecule has 0 saturated heterocycles. The number of hydrogen-bond donors (Lipinski definition) is 0. The van der Waals surface area contributed by atoms with Crippen LogP contribution in [0.5, 0.6) is 0 Å². The quantitative estimate of drug-likeness (QED) is 0.186. The molecule has 50 heavy (non-hydrogen) atoms. The van der Waals surface area contributed by atoms with Gasteiger partial charge < -0.3 is 8.83 Å². The van der Waals surface area contributed by atoms with Gasteiger partial charge in [0.2, 0.25) is 0 Å². The molecular formula is C45H27N3O2. The van der Waals surface area contributed by atoms with E-state index in [0.717, 1.165) is 21.9 Å². The lowest BCUT2D eigenvalue weighted by atomic mass is 9.98. The zero-order valence-electron chi connectivity index (χ0n) is 32.3. The summed E-state index contributed by atoms with van der Waals surface area (Å²) in [5.74, 6) is 0.685. The Bertz CT molecular complexity index is 3200. The van der Waals surface area contributed by atoms with Crippen LogP contribution in [-0.2, 0) is 0 Å². The molecule has 0 aliphatic rings. The summed E-state index contributed by atoms with van der Waals surface area (Å²) in [4.78, 5) is 15.1. The average Bonchev–Trinajstić information content (AvgIpc) is 3.83. The fourth-order valence-electron chi connectivity index (χ4n) is 6.54. The van der Waals surface area contributed by atoms with Gasteiger partial charge in [0, 0.05) is 38.2 Å². The maximum atomic E-state index is 9.80. The molecule has 7 aromatic carbocycles. The van der Waals surface area contributed by atoms with Crippen molar-refractivity contribution in [3.8, 4) is 56.4 Å². The van der Waals surface area contributed by atoms with Gasteiger partial charge in [-0.1, -0.05) is 133 Å². The Hall–Kier alpha value is -6.85. The molecule has 3 aromatic heterocycles. The van der Waals surface area contributed by atoms with E-state index in [4.69, 9.17) is 29.3 Å². The van der Waals surface area contributed by atoms with Crippen molar-refractivity contribution in [1.82, 2.24) is 15.0 Å². The Morgan fingerprint density at radius 2 is 0.960 bits per heavy atom. The zero-order valence-corrected chi connectivity index (χ0v) is 26.3. The summed E-state index contributed by atoms with van der Waals surface area (Å²) in [5, 5.41) is 1.87. The van der Waals surface area contributed by atoms with Crippen molar-refractivity contribution >= 4 is 43.9 Å². The van der Waals surface area contributed by atoms with Crippen LogP contribution in [0.3, 0.4) is 0 Å². The van der Waals surface area contributed by atoms with Gasteiger partial charge in [-0.2, -0.15) is 0 Å². The topological polar surface area (TPSA) is 65.0 Å². The van der Waals surface area contributed by atoms with Crippen LogP contribution < -0.4 is 0 Å². The molecule has 0 fully saturated rings. The van der Waals surface area contributed by atoms with E-state index < -0.39 is 12.1 Å². The molecule has 10 rings (SSSR count). The standard InChI is InChI=1S/C45H27N3O2/c1-3-12-28(13-4-1)30-22-24-31(25-23-30)43-46-44(35-18-11-21-39-41(35)33-16-7-9-19-37(33)49-39)48-45(47-43)36-26-32(29-14-5-2-6-15-29)27-40-42(36)34-17-8-10-20-38(34)50-40/h1-27H/i8D,10D,17D,20D,26D,27D. The number of fused-ring (bicyclic) bond motifs is 6. The van der Waals surface area contributed by atoms with Crippen LogP contribution in [0.1, 0.15) is 8.22 Å². The minimum Gasteiger partial charge on any atom is -0.456 e. The van der Waals surface area contributed by atoms with Gasteiger partial charge in [-0.15, -0.1) is 0 Å². The van der Waals surface area contributed by atoms with Crippen LogP contribution in [-0.4, -0.2) is 15.0 Å². The molecule has 0 amide bonds. The van der Waals surface area contributed by atoms with Crippen molar-refractivity contribution in [2.75, 3.05) is 0 Å². The predicted molar refractivity (Wildman–Crippen MR) is 202 cm³/mol. The zero-order chi connectivity index (χ0) is 38.2. The third-order valence-electron chi connectivity index (χ3n) is 8.89. The molecule has 0 spiro atoms. The van der Waals surface area contributed by atoms with E-state index in [0.29, 0.717) is 39.5 Å². The first kappa shape index (κ1) is 22.7. The second-order valence-electron chi connectivity index (χ2n) is 11.9. The maximum absolute atomic E-state index is 9.80. The van der Waals surface area contributed by atoms with E-state index in [-0.39, 0.29) is 63.1 Å². The second kappa shape index (κ2) is 11.4. The van der Waals surface area contributed by atoms with Gasteiger partial charge in [0.05, 0.1) is 8.22 Å². The average molecular weight is 648 g/mol. The van der Waals surface area contributed by atoms with Crippen molar-refractivity contribution in [3.05, 3.63) is 164 Å². The number of nitrogens with zero attached hydrogens (tertiary/aromatic N) is 3. The van der Waals surface area contributed by atoms with E-state index in [1.54, 1.807) is 12.1 Å². The molecular weight excluding hydrogens is 615 g/mol. The molecule has 234 valence electrons. The highest BCUT2D eigenvalue weighted by atomic mass is 16.3. The third kappa shape index (κ3) is 4.67. The van der Waals surface area contributed by atoms with Gasteiger partial charge >= 0.3 is 0 Å². The van der Waals surface area contributed by atoms with Crippen LogP contribution in [0, 0.1) is 0 Å². The van der Waals surface area contributed by atoms with Crippen LogP contribution >= 0.6 is 0 Å². The van der Waals surface area contributed by atoms with Gasteiger partial charge in [0.15, 0.2) is 17.5 Å². The Labute approximate surface area is 295 Å². The lowest BCUT2D eigenvalue weighted by Crippen LogP contribution is -2.01. The van der Waals surface area contributed by atoms with Crippen LogP contribution in [0.4, 0.5) is 0 Å². The lowest BCUT2D eigenvalue weighted by Gasteiger charge is -2.12. The van der Waals surface area contributed by atoms with Crippen molar-refractivity contribution < 1.29 is 17.1 Å². The van der Waals surface area contributed by atoms with E-state index in [1.807, 2.05) is 115 Å². The molecule has 10 aromatic rings. The molecule has 0 bridgehead atoms. The minimum absolute atomic E-state index is 0.00416. The lowest BCUT2D eigenvalue weighted by molar-refractivity contribution is 0.668. The van der Waals surface area contributed by atoms with Crippen LogP contribution in [0.25, 0.3) is 100 Å². The van der Waals surface area contributed by atoms with Crippen LogP contribution in [0.2, 0.25) is 0 Å². The molecule has 5 nitrogen and oxygen atoms in total. The molecule has 0 radical (unpaired) electrons. The van der Waals surface area contributed by atoms with Gasteiger partial charge in [-0.3, -0.25) is 0 Å². The highest BCUT2D eigenvalue weighted by Crippen LogP contribution is 2.41. The van der Waals surface area contributed by atoms with Gasteiger partial charge in [-0.25, -0.2) is 15.0 Å². The normalized spacial score (nSPS) is 13.3. The molecule has 5 heteroatoms. The van der Waals surface area contributed by atoms with Gasteiger partial charge in [0.25, 0.3) is 0 Å². The number of furan rings is 2. The number of aromatic nitrogens is 3. The van der Waals surface area contributed by atoms with E-state index >= 15 is 0 Å². The van der Waals surface area contributed by atoms with Crippen LogP contribution in [0.15, 0.2) is 172 Å². The molecule has 0 aliphatic heterocycles. The van der Waals surface area contributed by atoms with Crippen molar-refractivity contribution in [1.29, 1.82) is 0 Å². The molecule has 0 unspecified atom stereocenters. The summed E-state index contributed by atoms with van der Waals surface area (Å²) in [6.07, 6.45) is 0. The number of rotatable bonds is 5. The summed E-state index contributed by atoms with van der Waals surface area (Å²) in [7, 11) is 0. The van der Waals surface area contributed by atoms with Crippen molar-refractivity contribution in [2.24, 2.45) is 0 Å². The Morgan fingerprint density at radius 1 is 0.380 bits per heavy atom. The fourth-order valence-corrected chi connectivity index (χ4v) is 6.54. The minimum atomic E-state index is -0.465. The Balaban J connectivity index is 1.33. The van der Waals surface area contributed by atoms with Crippen molar-refractivity contribution in [3.63, 3.8) is 0 Å². The summed E-state index contributed by atoms with van der Waals surface area (Å²) in [6, 6.07) is 38.4. The second-order valence-corrected chi connectivity index (χ2v) is 11.9. The SMILES string of the molecule is [2H]c1c([2H])c([2H])c2c(oc3c([2H])c(-c4ccccc4)c([2H])c(-c4nc(-c5ccc(-c6ccccc6)cc5)nc(-c5cccc6oc7ccccc7c56)n4)c32)c1[2H]. The first-order valence-corrected chi connectivity index (χ1v) is 16.1. The molecule has 0 saturated carbocycles.